The van der Waals surface area contributed by atoms with Crippen LogP contribution in [0, 0.1) is 10.2 Å². The van der Waals surface area contributed by atoms with Crippen molar-refractivity contribution in [3.63, 3.8) is 0 Å². The molecule has 8 heteroatoms. The summed E-state index contributed by atoms with van der Waals surface area (Å²) in [7, 11) is 3.29. The standard InChI is InChI=1S/C33H33N2S.ClHO4/c1-34(2)29-21-17-26(18-22-29)11-5-7-13-28-25-31(36-33-16-10-9-15-32(28)33)14-8-6-12-27-19-23-30(24-20-27)35(3)4;2-1(3,4)5/h5-25H,1-4H3;(H,2,3,4,5)/q+1;/p-1. The van der Waals surface area contributed by atoms with E-state index in [9.17, 15) is 0 Å². The van der Waals surface area contributed by atoms with Gasteiger partial charge in [0.15, 0.2) is 5.71 Å². The van der Waals surface area contributed by atoms with E-state index in [0.29, 0.717) is 0 Å². The maximum atomic E-state index is 8.49. The van der Waals surface area contributed by atoms with Crippen molar-refractivity contribution in [2.75, 3.05) is 33.1 Å². The maximum absolute atomic E-state index is 8.49. The van der Waals surface area contributed by atoms with E-state index in [2.05, 4.69) is 165 Å². The molecule has 0 saturated heterocycles. The largest absolute Gasteiger partial charge is 0.378 e. The van der Waals surface area contributed by atoms with E-state index in [1.165, 1.54) is 43.5 Å². The molecule has 0 bridgehead atoms. The molecule has 1 aliphatic carbocycles. The molecule has 0 fully saturated rings. The van der Waals surface area contributed by atoms with Crippen molar-refractivity contribution in [3.05, 3.63) is 143 Å². The van der Waals surface area contributed by atoms with Crippen molar-refractivity contribution < 1.29 is 33.5 Å². The highest BCUT2D eigenvalue weighted by Gasteiger charge is 2.13. The average molecular weight is 589 g/mol. The minimum absolute atomic E-state index is 1.19. The zero-order valence-electron chi connectivity index (χ0n) is 23.4. The van der Waals surface area contributed by atoms with Gasteiger partial charge in [0, 0.05) is 41.7 Å². The molecule has 6 nitrogen and oxygen atoms in total. The molecule has 0 aromatic heterocycles. The van der Waals surface area contributed by atoms with Crippen molar-refractivity contribution in [2.45, 2.75) is 4.90 Å². The number of allylic oxidation sites excluding steroid dienone is 14. The Balaban J connectivity index is 0.000000850. The smallest absolute Gasteiger partial charge is 0.199 e. The van der Waals surface area contributed by atoms with Crippen molar-refractivity contribution >= 4 is 34.8 Å². The van der Waals surface area contributed by atoms with Gasteiger partial charge in [-0.05, 0) is 64.8 Å². The van der Waals surface area contributed by atoms with E-state index in [1.807, 2.05) is 11.8 Å². The average Bonchev–Trinajstić information content (AvgIpc) is 2.93. The van der Waals surface area contributed by atoms with Gasteiger partial charge in [0.1, 0.15) is 14.1 Å². The van der Waals surface area contributed by atoms with Gasteiger partial charge in [-0.15, -0.1) is 10.2 Å². The van der Waals surface area contributed by atoms with Crippen LogP contribution < -0.4 is 23.5 Å². The van der Waals surface area contributed by atoms with Crippen molar-refractivity contribution in [1.82, 2.24) is 0 Å². The van der Waals surface area contributed by atoms with Gasteiger partial charge in [-0.3, -0.25) is 0 Å². The lowest BCUT2D eigenvalue weighted by atomic mass is 10.0. The van der Waals surface area contributed by atoms with Gasteiger partial charge in [-0.2, -0.15) is 0 Å². The molecule has 0 atom stereocenters. The summed E-state index contributed by atoms with van der Waals surface area (Å²) in [5.74, 6) is 0. The zero-order chi connectivity index (χ0) is 29.8. The number of thioether (sulfide) groups is 1. The van der Waals surface area contributed by atoms with E-state index in [4.69, 9.17) is 18.6 Å². The summed E-state index contributed by atoms with van der Waals surface area (Å²) in [5, 5.41) is 0. The Morgan fingerprint density at radius 3 is 2.00 bits per heavy atom. The fourth-order valence-corrected chi connectivity index (χ4v) is 4.84. The number of fused-ring (bicyclic) bond motifs is 1. The minimum Gasteiger partial charge on any atom is -0.378 e. The predicted molar refractivity (Wildman–Crippen MR) is 160 cm³/mol. The molecule has 0 unspecified atom stereocenters. The number of rotatable bonds is 6. The highest BCUT2D eigenvalue weighted by atomic mass is 35.7. The van der Waals surface area contributed by atoms with Gasteiger partial charge >= 0.3 is 0 Å². The van der Waals surface area contributed by atoms with Crippen LogP contribution in [0.25, 0.3) is 11.6 Å². The maximum Gasteiger partial charge on any atom is 0.199 e. The lowest BCUT2D eigenvalue weighted by Gasteiger charge is -2.17. The first-order chi connectivity index (χ1) is 19.5. The molecule has 1 aliphatic heterocycles. The Kier molecular flexibility index (Phi) is 11.9. The summed E-state index contributed by atoms with van der Waals surface area (Å²) in [6.07, 6.45) is 27.9. The third-order valence-corrected chi connectivity index (χ3v) is 6.94. The van der Waals surface area contributed by atoms with Gasteiger partial charge in [-0.25, -0.2) is 23.2 Å². The first-order valence-corrected chi connectivity index (χ1v) is 14.8. The Morgan fingerprint density at radius 1 is 0.756 bits per heavy atom. The van der Waals surface area contributed by atoms with Crippen LogP contribution in [0.3, 0.4) is 0 Å². The van der Waals surface area contributed by atoms with Crippen LogP contribution in [-0.4, -0.2) is 38.5 Å². The van der Waals surface area contributed by atoms with Crippen LogP contribution in [0.4, 0.5) is 5.69 Å². The van der Waals surface area contributed by atoms with Crippen LogP contribution in [-0.2, 0) is 0 Å². The first kappa shape index (κ1) is 31.8. The van der Waals surface area contributed by atoms with E-state index < -0.39 is 10.2 Å². The molecule has 0 radical (unpaired) electrons. The van der Waals surface area contributed by atoms with Gasteiger partial charge in [0.05, 0.1) is 0 Å². The summed E-state index contributed by atoms with van der Waals surface area (Å²) < 4.78 is 36.1. The van der Waals surface area contributed by atoms with Crippen LogP contribution in [0.5, 0.6) is 0 Å². The van der Waals surface area contributed by atoms with Crippen LogP contribution >= 0.6 is 11.8 Å². The third kappa shape index (κ3) is 11.4. The third-order valence-electron chi connectivity index (χ3n) is 5.88. The lowest BCUT2D eigenvalue weighted by Crippen LogP contribution is -2.68. The van der Waals surface area contributed by atoms with E-state index in [0.717, 1.165) is 0 Å². The number of hydrogen-bond donors (Lipinski definition) is 0. The second-order valence-electron chi connectivity index (χ2n) is 9.39. The second kappa shape index (κ2) is 15.3. The number of nitrogens with zero attached hydrogens (tertiary/aromatic N) is 2. The van der Waals surface area contributed by atoms with Crippen molar-refractivity contribution in [3.8, 4) is 0 Å². The van der Waals surface area contributed by atoms with Crippen LogP contribution in [0.1, 0.15) is 11.1 Å². The van der Waals surface area contributed by atoms with Crippen molar-refractivity contribution in [2.24, 2.45) is 0 Å². The van der Waals surface area contributed by atoms with Gasteiger partial charge in [0.2, 0.25) is 0 Å². The van der Waals surface area contributed by atoms with E-state index >= 15 is 0 Å². The monoisotopic (exact) mass is 588 g/mol. The summed E-state index contributed by atoms with van der Waals surface area (Å²) in [6, 6.07) is 17.2. The zero-order valence-corrected chi connectivity index (χ0v) is 25.0. The molecule has 0 N–H and O–H groups in total. The highest BCUT2D eigenvalue weighted by Crippen LogP contribution is 2.40. The Hall–Kier alpha value is -3.69. The Bertz CT molecular complexity index is 1460. The molecule has 0 saturated carbocycles. The quantitative estimate of drug-likeness (QED) is 0.380. The normalized spacial score (nSPS) is 15.8. The SMILES string of the molecule is CN(C)c1ccc(/C=C/C=C\C2=C/C(=C\C=C/C=C3C=CC(=[N+](C)C)C=C3)Sc3ccccc32)cc1.[O-][Cl+3]([O-])([O-])[O-]. The first-order valence-electron chi connectivity index (χ1n) is 12.7. The summed E-state index contributed by atoms with van der Waals surface area (Å²) in [6.45, 7) is 0. The molecule has 1 heterocycles. The lowest BCUT2D eigenvalue weighted by molar-refractivity contribution is -2.00. The van der Waals surface area contributed by atoms with Gasteiger partial charge < -0.3 is 4.90 Å². The summed E-state index contributed by atoms with van der Waals surface area (Å²) in [4.78, 5) is 4.62. The molecule has 2 aliphatic rings. The van der Waals surface area contributed by atoms with Gasteiger partial charge in [-0.1, -0.05) is 84.6 Å². The van der Waals surface area contributed by atoms with Crippen LogP contribution in [0.2, 0.25) is 0 Å². The molecule has 0 spiro atoms. The Labute approximate surface area is 248 Å². The molecular formula is C33H33ClN2O4S. The van der Waals surface area contributed by atoms with E-state index in [1.54, 1.807) is 0 Å². The van der Waals surface area contributed by atoms with Crippen molar-refractivity contribution in [1.29, 1.82) is 0 Å². The molecule has 0 amide bonds. The molecule has 2 aromatic rings. The molecule has 4 rings (SSSR count). The topological polar surface area (TPSA) is 98.5 Å². The number of hydrogen-bond acceptors (Lipinski definition) is 6. The Morgan fingerprint density at radius 2 is 1.37 bits per heavy atom. The second-order valence-corrected chi connectivity index (χ2v) is 11.3. The molecular weight excluding hydrogens is 556 g/mol. The molecule has 41 heavy (non-hydrogen) atoms. The minimum atomic E-state index is -4.94. The fraction of sp³-hybridized carbons (Fsp3) is 0.121. The molecule has 212 valence electrons. The highest BCUT2D eigenvalue weighted by molar-refractivity contribution is 8.03. The van der Waals surface area contributed by atoms with Crippen LogP contribution in [0.15, 0.2) is 137 Å². The fourth-order valence-electron chi connectivity index (χ4n) is 3.81. The van der Waals surface area contributed by atoms with Gasteiger partial charge in [0.25, 0.3) is 0 Å². The predicted octanol–water partition coefficient (Wildman–Crippen LogP) is 2.96. The number of halogens is 1. The number of benzene rings is 2. The number of anilines is 1. The summed E-state index contributed by atoms with van der Waals surface area (Å²) >= 11 is 1.81. The summed E-state index contributed by atoms with van der Waals surface area (Å²) in [5.41, 5.74) is 7.29. The van der Waals surface area contributed by atoms with E-state index in [-0.39, 0.29) is 0 Å². The molecule has 2 aromatic carbocycles.